The first-order valence-corrected chi connectivity index (χ1v) is 9.42. The van der Waals surface area contributed by atoms with E-state index >= 15 is 0 Å². The fourth-order valence-electron chi connectivity index (χ4n) is 3.29. The summed E-state index contributed by atoms with van der Waals surface area (Å²) in [7, 11) is 3.13. The molecule has 0 aliphatic carbocycles. The van der Waals surface area contributed by atoms with E-state index in [1.54, 1.807) is 46.6 Å². The second-order valence-corrected chi connectivity index (χ2v) is 7.19. The van der Waals surface area contributed by atoms with E-state index in [0.29, 0.717) is 23.3 Å². The van der Waals surface area contributed by atoms with Gasteiger partial charge < -0.3 is 13.9 Å². The molecule has 3 aromatic heterocycles. The highest BCUT2D eigenvalue weighted by molar-refractivity contribution is 6.28. The van der Waals surface area contributed by atoms with Crippen molar-refractivity contribution in [1.82, 2.24) is 28.7 Å². The normalized spacial score (nSPS) is 12.1. The second kappa shape index (κ2) is 7.82. The number of hydrogen-bond donors (Lipinski definition) is 1. The molecule has 12 heteroatoms. The quantitative estimate of drug-likeness (QED) is 0.471. The molecule has 31 heavy (non-hydrogen) atoms. The van der Waals surface area contributed by atoms with Crippen LogP contribution in [0, 0.1) is 5.41 Å². The zero-order chi connectivity index (χ0) is 22.3. The number of benzene rings is 1. The molecule has 4 aromatic rings. The van der Waals surface area contributed by atoms with Crippen molar-refractivity contribution in [3.05, 3.63) is 58.8 Å². The number of methoxy groups -OCH3 is 1. The summed E-state index contributed by atoms with van der Waals surface area (Å²) in [5.41, 5.74) is 1.74. The first-order chi connectivity index (χ1) is 14.7. The van der Waals surface area contributed by atoms with Gasteiger partial charge in [0.1, 0.15) is 18.1 Å². The molecule has 0 amide bonds. The van der Waals surface area contributed by atoms with Gasteiger partial charge in [-0.05, 0) is 17.2 Å². The highest BCUT2D eigenvalue weighted by Crippen LogP contribution is 2.31. The summed E-state index contributed by atoms with van der Waals surface area (Å²) in [6.45, 7) is 0.263. The predicted molar refractivity (Wildman–Crippen MR) is 106 cm³/mol. The van der Waals surface area contributed by atoms with Crippen molar-refractivity contribution in [1.29, 1.82) is 5.41 Å². The maximum absolute atomic E-state index is 13.1. The van der Waals surface area contributed by atoms with Gasteiger partial charge >= 0.3 is 6.18 Å². The van der Waals surface area contributed by atoms with E-state index in [2.05, 4.69) is 15.0 Å². The van der Waals surface area contributed by atoms with Gasteiger partial charge in [0.25, 0.3) is 0 Å². The molecule has 0 saturated heterocycles. The summed E-state index contributed by atoms with van der Waals surface area (Å²) in [4.78, 5) is 11.9. The minimum absolute atomic E-state index is 0.0608. The summed E-state index contributed by atoms with van der Waals surface area (Å²) in [5, 5.41) is 8.41. The number of alkyl halides is 3. The van der Waals surface area contributed by atoms with Crippen LogP contribution in [0.3, 0.4) is 0 Å². The standard InChI is InChI=1S/C19H17ClF3N7O/c1-28-13-7-25-17(20)27-16(13)30(18(28)24)8-11-3-5-12(6-4-11)15-26-14(19(21,22)23)9-29(15)10-31-2/h3-7,9,24H,8,10H2,1-2H3. The lowest BCUT2D eigenvalue weighted by Crippen LogP contribution is -2.23. The number of aryl methyl sites for hydroxylation is 1. The monoisotopic (exact) mass is 451 g/mol. The average molecular weight is 452 g/mol. The van der Waals surface area contributed by atoms with E-state index in [1.807, 2.05) is 0 Å². The molecule has 0 spiro atoms. The maximum atomic E-state index is 13.1. The fraction of sp³-hybridized carbons (Fsp3) is 0.263. The van der Waals surface area contributed by atoms with E-state index in [9.17, 15) is 13.2 Å². The molecule has 8 nitrogen and oxygen atoms in total. The zero-order valence-corrected chi connectivity index (χ0v) is 17.2. The number of imidazole rings is 2. The average Bonchev–Trinajstić information content (AvgIpc) is 3.24. The fourth-order valence-corrected chi connectivity index (χ4v) is 3.42. The Morgan fingerprint density at radius 3 is 2.52 bits per heavy atom. The third kappa shape index (κ3) is 3.93. The molecule has 0 bridgehead atoms. The molecule has 0 aliphatic heterocycles. The molecule has 0 fully saturated rings. The summed E-state index contributed by atoms with van der Waals surface area (Å²) >= 11 is 5.91. The van der Waals surface area contributed by atoms with E-state index in [0.717, 1.165) is 11.8 Å². The first kappa shape index (κ1) is 21.1. The zero-order valence-electron chi connectivity index (χ0n) is 16.5. The Bertz CT molecular complexity index is 1310. The van der Waals surface area contributed by atoms with Crippen molar-refractivity contribution >= 4 is 22.8 Å². The molecule has 0 atom stereocenters. The van der Waals surface area contributed by atoms with Crippen molar-refractivity contribution in [2.24, 2.45) is 7.05 Å². The van der Waals surface area contributed by atoms with Gasteiger partial charge in [0, 0.05) is 25.9 Å². The van der Waals surface area contributed by atoms with Crippen LogP contribution in [0.25, 0.3) is 22.6 Å². The van der Waals surface area contributed by atoms with Gasteiger partial charge in [-0.3, -0.25) is 9.98 Å². The highest BCUT2D eigenvalue weighted by Gasteiger charge is 2.35. The minimum Gasteiger partial charge on any atom is -0.364 e. The number of nitrogens with zero attached hydrogens (tertiary/aromatic N) is 6. The number of nitrogens with one attached hydrogen (secondary N) is 1. The van der Waals surface area contributed by atoms with Crippen molar-refractivity contribution in [3.63, 3.8) is 0 Å². The summed E-state index contributed by atoms with van der Waals surface area (Å²) < 4.78 is 48.8. The van der Waals surface area contributed by atoms with Crippen LogP contribution >= 0.6 is 11.6 Å². The number of hydrogen-bond acceptors (Lipinski definition) is 5. The van der Waals surface area contributed by atoms with Gasteiger partial charge in [-0.2, -0.15) is 18.2 Å². The number of ether oxygens (including phenoxy) is 1. The molecule has 0 aliphatic rings. The Morgan fingerprint density at radius 2 is 1.87 bits per heavy atom. The predicted octanol–water partition coefficient (Wildman–Crippen LogP) is 3.44. The van der Waals surface area contributed by atoms with Crippen molar-refractivity contribution in [3.8, 4) is 11.4 Å². The SMILES string of the molecule is COCn1cc(C(F)(F)F)nc1-c1ccc(Cn2c(=N)n(C)c3cnc(Cl)nc32)cc1. The summed E-state index contributed by atoms with van der Waals surface area (Å²) in [5.74, 6) is 0.152. The summed E-state index contributed by atoms with van der Waals surface area (Å²) in [6.07, 6.45) is -2.07. The van der Waals surface area contributed by atoms with Crippen LogP contribution < -0.4 is 5.62 Å². The lowest BCUT2D eigenvalue weighted by atomic mass is 10.1. The second-order valence-electron chi connectivity index (χ2n) is 6.85. The van der Waals surface area contributed by atoms with Gasteiger partial charge in [0.05, 0.1) is 12.7 Å². The number of halogens is 4. The molecule has 1 N–H and O–H groups in total. The summed E-state index contributed by atoms with van der Waals surface area (Å²) in [6, 6.07) is 6.90. The van der Waals surface area contributed by atoms with Crippen molar-refractivity contribution in [2.45, 2.75) is 19.5 Å². The van der Waals surface area contributed by atoms with Gasteiger partial charge in [0.2, 0.25) is 10.9 Å². The number of fused-ring (bicyclic) bond motifs is 1. The molecule has 162 valence electrons. The Kier molecular flexibility index (Phi) is 5.31. The van der Waals surface area contributed by atoms with Crippen LogP contribution in [0.2, 0.25) is 5.28 Å². The minimum atomic E-state index is -4.55. The highest BCUT2D eigenvalue weighted by atomic mass is 35.5. The van der Waals surface area contributed by atoms with E-state index in [-0.39, 0.29) is 23.5 Å². The lowest BCUT2D eigenvalue weighted by Gasteiger charge is -2.08. The molecule has 3 heterocycles. The first-order valence-electron chi connectivity index (χ1n) is 9.04. The van der Waals surface area contributed by atoms with E-state index in [4.69, 9.17) is 21.7 Å². The molecule has 1 aromatic carbocycles. The molecule has 0 radical (unpaired) electrons. The number of rotatable bonds is 5. The van der Waals surface area contributed by atoms with Gasteiger partial charge in [-0.15, -0.1) is 0 Å². The van der Waals surface area contributed by atoms with Crippen LogP contribution in [0.1, 0.15) is 11.3 Å². The van der Waals surface area contributed by atoms with Crippen molar-refractivity contribution in [2.75, 3.05) is 7.11 Å². The van der Waals surface area contributed by atoms with Gasteiger partial charge in [0.15, 0.2) is 11.3 Å². The largest absolute Gasteiger partial charge is 0.434 e. The van der Waals surface area contributed by atoms with Gasteiger partial charge in [-0.1, -0.05) is 24.3 Å². The number of aromatic nitrogens is 6. The van der Waals surface area contributed by atoms with E-state index < -0.39 is 11.9 Å². The Balaban J connectivity index is 1.68. The molecular formula is C19H17ClF3N7O. The molecule has 4 rings (SSSR count). The maximum Gasteiger partial charge on any atom is 0.434 e. The van der Waals surface area contributed by atoms with Crippen LogP contribution in [-0.2, 0) is 31.2 Å². The Morgan fingerprint density at radius 1 is 1.16 bits per heavy atom. The molecule has 0 unspecified atom stereocenters. The van der Waals surface area contributed by atoms with Crippen LogP contribution in [0.5, 0.6) is 0 Å². The van der Waals surface area contributed by atoms with Crippen molar-refractivity contribution < 1.29 is 17.9 Å². The van der Waals surface area contributed by atoms with Gasteiger partial charge in [-0.25, -0.2) is 9.97 Å². The Labute approximate surface area is 179 Å². The van der Waals surface area contributed by atoms with E-state index in [1.165, 1.54) is 11.7 Å². The lowest BCUT2D eigenvalue weighted by molar-refractivity contribution is -0.141. The van der Waals surface area contributed by atoms with Crippen LogP contribution in [0.4, 0.5) is 13.2 Å². The Hall–Kier alpha value is -3.18. The smallest absolute Gasteiger partial charge is 0.364 e. The topological polar surface area (TPSA) is 86.5 Å². The third-order valence-electron chi connectivity index (χ3n) is 4.80. The van der Waals surface area contributed by atoms with Crippen LogP contribution in [0.15, 0.2) is 36.7 Å². The molecule has 0 saturated carbocycles. The molecular weight excluding hydrogens is 435 g/mol. The third-order valence-corrected chi connectivity index (χ3v) is 4.98. The van der Waals surface area contributed by atoms with Crippen LogP contribution in [-0.4, -0.2) is 35.8 Å².